The van der Waals surface area contributed by atoms with E-state index in [1.807, 2.05) is 31.4 Å². The Hall–Kier alpha value is -1.38. The van der Waals surface area contributed by atoms with Crippen molar-refractivity contribution in [1.29, 1.82) is 0 Å². The van der Waals surface area contributed by atoms with Crippen LogP contribution in [-0.4, -0.2) is 14.4 Å². The number of hydrogen-bond acceptors (Lipinski definition) is 2. The van der Waals surface area contributed by atoms with Crippen molar-refractivity contribution in [2.45, 2.75) is 39.5 Å². The summed E-state index contributed by atoms with van der Waals surface area (Å²) in [6.45, 7) is 6.04. The Morgan fingerprint density at radius 3 is 2.67 bits per heavy atom. The van der Waals surface area contributed by atoms with Crippen LogP contribution in [-0.2, 0) is 0 Å². The predicted octanol–water partition coefficient (Wildman–Crippen LogP) is 2.94. The summed E-state index contributed by atoms with van der Waals surface area (Å²) in [5.74, 6) is 1.54. The van der Waals surface area contributed by atoms with Crippen LogP contribution in [0, 0.1) is 6.92 Å². The van der Waals surface area contributed by atoms with Gasteiger partial charge in [-0.3, -0.25) is 4.40 Å². The van der Waals surface area contributed by atoms with E-state index >= 15 is 0 Å². The third-order valence-electron chi connectivity index (χ3n) is 2.45. The maximum Gasteiger partial charge on any atom is 0.233 e. The summed E-state index contributed by atoms with van der Waals surface area (Å²) in [5.41, 5.74) is 2.38. The van der Waals surface area contributed by atoms with Crippen LogP contribution in [0.2, 0.25) is 0 Å². The summed E-state index contributed by atoms with van der Waals surface area (Å²) >= 11 is 0. The fourth-order valence-corrected chi connectivity index (χ4v) is 1.58. The third kappa shape index (κ3) is 2.01. The quantitative estimate of drug-likeness (QED) is 0.713. The zero-order valence-electron chi connectivity index (χ0n) is 9.57. The molecule has 1 saturated carbocycles. The predicted molar refractivity (Wildman–Crippen MR) is 61.0 cm³/mol. The Morgan fingerprint density at radius 2 is 2.00 bits per heavy atom. The fourth-order valence-electron chi connectivity index (χ4n) is 1.58. The van der Waals surface area contributed by atoms with Crippen LogP contribution in [0.3, 0.4) is 0 Å². The van der Waals surface area contributed by atoms with E-state index < -0.39 is 0 Å². The first-order chi connectivity index (χ1) is 7.33. The molecule has 0 radical (unpaired) electrons. The van der Waals surface area contributed by atoms with Gasteiger partial charge in [-0.2, -0.15) is 0 Å². The zero-order valence-corrected chi connectivity index (χ0v) is 9.57. The Bertz CT molecular complexity index is 455. The molecule has 0 aromatic carbocycles. The molecule has 0 spiro atoms. The van der Waals surface area contributed by atoms with Gasteiger partial charge >= 0.3 is 0 Å². The molecule has 1 aliphatic rings. The van der Waals surface area contributed by atoms with Crippen LogP contribution in [0.25, 0.3) is 5.78 Å². The molecule has 0 bridgehead atoms. The van der Waals surface area contributed by atoms with Crippen LogP contribution in [0.4, 0.5) is 0 Å². The van der Waals surface area contributed by atoms with Crippen molar-refractivity contribution < 1.29 is 0 Å². The highest BCUT2D eigenvalue weighted by Gasteiger charge is 2.26. The smallest absolute Gasteiger partial charge is 0.233 e. The van der Waals surface area contributed by atoms with Gasteiger partial charge in [0.2, 0.25) is 5.78 Å². The SMILES string of the molecule is CC.Cc1cnc2nc(C3CC3)cn2c1. The van der Waals surface area contributed by atoms with Crippen LogP contribution >= 0.6 is 0 Å². The largest absolute Gasteiger partial charge is 0.291 e. The molecular weight excluding hydrogens is 186 g/mol. The van der Waals surface area contributed by atoms with Crippen molar-refractivity contribution >= 4 is 5.78 Å². The summed E-state index contributed by atoms with van der Waals surface area (Å²) in [6.07, 6.45) is 8.62. The topological polar surface area (TPSA) is 30.2 Å². The summed E-state index contributed by atoms with van der Waals surface area (Å²) in [5, 5.41) is 0. The van der Waals surface area contributed by atoms with Gasteiger partial charge in [-0.05, 0) is 25.3 Å². The molecule has 2 aromatic heterocycles. The highest BCUT2D eigenvalue weighted by Crippen LogP contribution is 2.39. The van der Waals surface area contributed by atoms with Gasteiger partial charge in [-0.25, -0.2) is 9.97 Å². The second-order valence-electron chi connectivity index (χ2n) is 3.78. The Morgan fingerprint density at radius 1 is 1.27 bits per heavy atom. The van der Waals surface area contributed by atoms with Crippen molar-refractivity contribution in [2.75, 3.05) is 0 Å². The lowest BCUT2D eigenvalue weighted by Crippen LogP contribution is -1.87. The molecule has 3 nitrogen and oxygen atoms in total. The van der Waals surface area contributed by atoms with Crippen LogP contribution in [0.5, 0.6) is 0 Å². The van der Waals surface area contributed by atoms with Gasteiger partial charge in [0, 0.05) is 24.5 Å². The second-order valence-corrected chi connectivity index (χ2v) is 3.78. The summed E-state index contributed by atoms with van der Waals surface area (Å²) in [6, 6.07) is 0. The number of nitrogens with zero attached hydrogens (tertiary/aromatic N) is 3. The molecule has 2 heterocycles. The molecule has 0 amide bonds. The van der Waals surface area contributed by atoms with E-state index in [0.29, 0.717) is 5.92 Å². The first kappa shape index (κ1) is 10.1. The number of aryl methyl sites for hydroxylation is 1. The molecule has 0 N–H and O–H groups in total. The second kappa shape index (κ2) is 4.01. The molecule has 0 atom stereocenters. The van der Waals surface area contributed by atoms with Crippen molar-refractivity contribution in [3.8, 4) is 0 Å². The minimum atomic E-state index is 0.710. The highest BCUT2D eigenvalue weighted by atomic mass is 15.1. The summed E-state index contributed by atoms with van der Waals surface area (Å²) in [7, 11) is 0. The van der Waals surface area contributed by atoms with E-state index in [9.17, 15) is 0 Å². The Balaban J connectivity index is 0.000000404. The van der Waals surface area contributed by atoms with Crippen molar-refractivity contribution in [1.82, 2.24) is 14.4 Å². The Kier molecular flexibility index (Phi) is 2.71. The van der Waals surface area contributed by atoms with E-state index in [0.717, 1.165) is 5.78 Å². The van der Waals surface area contributed by atoms with Crippen molar-refractivity contribution in [3.63, 3.8) is 0 Å². The first-order valence-electron chi connectivity index (χ1n) is 5.64. The summed E-state index contributed by atoms with van der Waals surface area (Å²) in [4.78, 5) is 8.73. The average molecular weight is 203 g/mol. The van der Waals surface area contributed by atoms with E-state index in [4.69, 9.17) is 0 Å². The minimum Gasteiger partial charge on any atom is -0.291 e. The number of fused-ring (bicyclic) bond motifs is 1. The molecule has 1 aliphatic carbocycles. The van der Waals surface area contributed by atoms with Gasteiger partial charge in [0.15, 0.2) is 0 Å². The fraction of sp³-hybridized carbons (Fsp3) is 0.500. The molecule has 0 aliphatic heterocycles. The lowest BCUT2D eigenvalue weighted by molar-refractivity contribution is 1.05. The minimum absolute atomic E-state index is 0.710. The molecule has 2 aromatic rings. The molecule has 1 fully saturated rings. The molecule has 80 valence electrons. The number of imidazole rings is 1. The standard InChI is InChI=1S/C10H11N3.C2H6/c1-7-4-11-10-12-9(8-2-3-8)6-13(10)5-7;1-2/h4-6,8H,2-3H2,1H3;1-2H3. The van der Waals surface area contributed by atoms with Gasteiger partial charge in [0.05, 0.1) is 5.69 Å². The highest BCUT2D eigenvalue weighted by molar-refractivity contribution is 5.33. The maximum atomic E-state index is 4.47. The van der Waals surface area contributed by atoms with Gasteiger partial charge < -0.3 is 0 Å². The number of rotatable bonds is 1. The van der Waals surface area contributed by atoms with Gasteiger partial charge in [0.25, 0.3) is 0 Å². The van der Waals surface area contributed by atoms with E-state index in [1.54, 1.807) is 0 Å². The van der Waals surface area contributed by atoms with Crippen molar-refractivity contribution in [2.24, 2.45) is 0 Å². The van der Waals surface area contributed by atoms with E-state index in [-0.39, 0.29) is 0 Å². The van der Waals surface area contributed by atoms with Gasteiger partial charge in [0.1, 0.15) is 0 Å². The maximum absolute atomic E-state index is 4.47. The normalized spacial score (nSPS) is 14.9. The Labute approximate surface area is 90.2 Å². The lowest BCUT2D eigenvalue weighted by atomic mass is 10.3. The van der Waals surface area contributed by atoms with E-state index in [1.165, 1.54) is 24.1 Å². The van der Waals surface area contributed by atoms with Gasteiger partial charge in [-0.1, -0.05) is 13.8 Å². The third-order valence-corrected chi connectivity index (χ3v) is 2.45. The van der Waals surface area contributed by atoms with Crippen LogP contribution in [0.1, 0.15) is 43.9 Å². The summed E-state index contributed by atoms with van der Waals surface area (Å²) < 4.78 is 2.02. The molecular formula is C12H17N3. The molecule has 3 rings (SSSR count). The molecule has 0 unspecified atom stereocenters. The first-order valence-corrected chi connectivity index (χ1v) is 5.64. The van der Waals surface area contributed by atoms with Crippen LogP contribution < -0.4 is 0 Å². The average Bonchev–Trinajstić information content (AvgIpc) is 3.02. The monoisotopic (exact) mass is 203 g/mol. The zero-order chi connectivity index (χ0) is 10.8. The molecule has 0 saturated heterocycles. The van der Waals surface area contributed by atoms with Crippen molar-refractivity contribution in [3.05, 3.63) is 29.8 Å². The number of hydrogen-bond donors (Lipinski definition) is 0. The van der Waals surface area contributed by atoms with Crippen LogP contribution in [0.15, 0.2) is 18.6 Å². The molecule has 3 heteroatoms. The molecule has 15 heavy (non-hydrogen) atoms. The van der Waals surface area contributed by atoms with E-state index in [2.05, 4.69) is 22.4 Å². The lowest BCUT2D eigenvalue weighted by Gasteiger charge is -1.91. The van der Waals surface area contributed by atoms with Gasteiger partial charge in [-0.15, -0.1) is 0 Å². The number of aromatic nitrogens is 3.